The van der Waals surface area contributed by atoms with E-state index < -0.39 is 10.1 Å². The van der Waals surface area contributed by atoms with Crippen LogP contribution in [0.25, 0.3) is 16.8 Å². The smallest absolute Gasteiger partial charge is 0.270 e. The molecule has 2 aromatic carbocycles. The van der Waals surface area contributed by atoms with Crippen molar-refractivity contribution in [1.82, 2.24) is 0 Å². The molecule has 0 aliphatic heterocycles. The normalized spacial score (nSPS) is 11.7. The van der Waals surface area contributed by atoms with Crippen LogP contribution >= 0.6 is 0 Å². The fourth-order valence-electron chi connectivity index (χ4n) is 2.06. The van der Waals surface area contributed by atoms with Crippen molar-refractivity contribution in [3.8, 4) is 0 Å². The average Bonchev–Trinajstić information content (AvgIpc) is 2.38. The molecule has 18 heavy (non-hydrogen) atoms. The molecule has 0 bridgehead atoms. The van der Waals surface area contributed by atoms with Crippen molar-refractivity contribution in [1.29, 1.82) is 0 Å². The maximum Gasteiger partial charge on any atom is 0.297 e. The topological polar surface area (TPSA) is 43.4 Å². The molecule has 0 radical (unpaired) electrons. The second-order valence-corrected chi connectivity index (χ2v) is 5.66. The van der Waals surface area contributed by atoms with E-state index >= 15 is 0 Å². The Morgan fingerprint density at radius 2 is 1.83 bits per heavy atom. The van der Waals surface area contributed by atoms with Gasteiger partial charge >= 0.3 is 0 Å². The van der Waals surface area contributed by atoms with Crippen LogP contribution in [0.15, 0.2) is 41.8 Å². The van der Waals surface area contributed by atoms with Gasteiger partial charge in [0.2, 0.25) is 0 Å². The fourth-order valence-corrected chi connectivity index (χ4v) is 3.01. The van der Waals surface area contributed by atoms with Crippen LogP contribution in [0, 0.1) is 6.92 Å². The summed E-state index contributed by atoms with van der Waals surface area (Å²) in [5.41, 5.74) is 1.81. The molecule has 0 saturated carbocycles. The van der Waals surface area contributed by atoms with E-state index in [0.717, 1.165) is 16.5 Å². The Kier molecular flexibility index (Phi) is 3.24. The Morgan fingerprint density at radius 3 is 2.39 bits per heavy atom. The summed E-state index contributed by atoms with van der Waals surface area (Å²) in [6, 6.07) is 8.96. The monoisotopic (exact) mass is 262 g/mol. The lowest BCUT2D eigenvalue weighted by Gasteiger charge is -2.11. The van der Waals surface area contributed by atoms with Gasteiger partial charge in [0.05, 0.1) is 7.11 Å². The molecule has 0 spiro atoms. The van der Waals surface area contributed by atoms with Gasteiger partial charge in [-0.3, -0.25) is 4.18 Å². The molecule has 0 unspecified atom stereocenters. The lowest BCUT2D eigenvalue weighted by Crippen LogP contribution is -2.05. The second-order valence-electron chi connectivity index (χ2n) is 3.98. The first kappa shape index (κ1) is 12.8. The molecule has 94 valence electrons. The van der Waals surface area contributed by atoms with Gasteiger partial charge in [0.1, 0.15) is 4.90 Å². The van der Waals surface area contributed by atoms with Gasteiger partial charge in [-0.15, -0.1) is 0 Å². The summed E-state index contributed by atoms with van der Waals surface area (Å²) in [6.07, 6.45) is 1.74. The quantitative estimate of drug-likeness (QED) is 0.798. The summed E-state index contributed by atoms with van der Waals surface area (Å²) in [4.78, 5) is 0.198. The van der Waals surface area contributed by atoms with Crippen LogP contribution in [-0.4, -0.2) is 15.5 Å². The molecule has 0 aromatic heterocycles. The Morgan fingerprint density at radius 1 is 1.22 bits per heavy atom. The number of hydrogen-bond acceptors (Lipinski definition) is 3. The lowest BCUT2D eigenvalue weighted by atomic mass is 10.00. The Bertz CT molecular complexity index is 715. The molecule has 4 heteroatoms. The van der Waals surface area contributed by atoms with E-state index in [2.05, 4.69) is 10.8 Å². The number of fused-ring (bicyclic) bond motifs is 1. The van der Waals surface area contributed by atoms with E-state index in [1.54, 1.807) is 24.3 Å². The van der Waals surface area contributed by atoms with E-state index in [4.69, 9.17) is 0 Å². The van der Waals surface area contributed by atoms with Gasteiger partial charge < -0.3 is 0 Å². The predicted molar refractivity (Wildman–Crippen MR) is 73.0 cm³/mol. The first-order chi connectivity index (χ1) is 8.51. The van der Waals surface area contributed by atoms with E-state index in [9.17, 15) is 8.42 Å². The summed E-state index contributed by atoms with van der Waals surface area (Å²) in [6.45, 7) is 5.63. The van der Waals surface area contributed by atoms with Gasteiger partial charge in [-0.25, -0.2) is 0 Å². The third kappa shape index (κ3) is 1.94. The van der Waals surface area contributed by atoms with Crippen molar-refractivity contribution in [3.63, 3.8) is 0 Å². The molecule has 3 nitrogen and oxygen atoms in total. The average molecular weight is 262 g/mol. The molecule has 0 N–H and O–H groups in total. The predicted octanol–water partition coefficient (Wildman–Crippen LogP) is 3.13. The molecule has 2 rings (SSSR count). The van der Waals surface area contributed by atoms with Gasteiger partial charge in [-0.05, 0) is 29.5 Å². The zero-order valence-electron chi connectivity index (χ0n) is 10.3. The highest BCUT2D eigenvalue weighted by atomic mass is 32.2. The molecule has 0 atom stereocenters. The molecule has 0 aliphatic carbocycles. The minimum atomic E-state index is -3.71. The third-order valence-corrected chi connectivity index (χ3v) is 4.26. The summed E-state index contributed by atoms with van der Waals surface area (Å²) in [5, 5.41) is 1.52. The molecule has 0 amide bonds. The zero-order valence-corrected chi connectivity index (χ0v) is 11.1. The number of rotatable bonds is 3. The zero-order chi connectivity index (χ0) is 13.3. The summed E-state index contributed by atoms with van der Waals surface area (Å²) in [7, 11) is -2.54. The van der Waals surface area contributed by atoms with Crippen LogP contribution in [0.1, 0.15) is 11.1 Å². The Balaban J connectivity index is 2.98. The molecular formula is C14H14O3S. The molecule has 0 fully saturated rings. The highest BCUT2D eigenvalue weighted by molar-refractivity contribution is 7.87. The van der Waals surface area contributed by atoms with Crippen molar-refractivity contribution in [2.24, 2.45) is 0 Å². The fraction of sp³-hybridized carbons (Fsp3) is 0.143. The standard InChI is InChI=1S/C14H14O3S/c1-4-11-10(2)9-14(18(15,16)17-3)13-8-6-5-7-12(11)13/h4-9H,1H2,2-3H3. The number of aryl methyl sites for hydroxylation is 1. The highest BCUT2D eigenvalue weighted by Gasteiger charge is 2.18. The third-order valence-electron chi connectivity index (χ3n) is 2.95. The van der Waals surface area contributed by atoms with Gasteiger partial charge in [0.25, 0.3) is 10.1 Å². The highest BCUT2D eigenvalue weighted by Crippen LogP contribution is 2.30. The van der Waals surface area contributed by atoms with E-state index in [0.29, 0.717) is 5.39 Å². The van der Waals surface area contributed by atoms with Gasteiger partial charge in [-0.2, -0.15) is 8.42 Å². The molecule has 0 heterocycles. The summed E-state index contributed by atoms with van der Waals surface area (Å²) < 4.78 is 28.4. The molecule has 2 aromatic rings. The van der Waals surface area contributed by atoms with Crippen molar-refractivity contribution in [2.45, 2.75) is 11.8 Å². The van der Waals surface area contributed by atoms with Crippen LogP contribution in [-0.2, 0) is 14.3 Å². The Labute approximate surface area is 107 Å². The largest absolute Gasteiger partial charge is 0.297 e. The first-order valence-corrected chi connectivity index (χ1v) is 6.87. The van der Waals surface area contributed by atoms with E-state index in [-0.39, 0.29) is 4.90 Å². The van der Waals surface area contributed by atoms with E-state index in [1.807, 2.05) is 19.1 Å². The van der Waals surface area contributed by atoms with Crippen molar-refractivity contribution >= 4 is 27.0 Å². The maximum atomic E-state index is 11.9. The Hall–Kier alpha value is -1.65. The van der Waals surface area contributed by atoms with Gasteiger partial charge in [0, 0.05) is 5.39 Å². The lowest BCUT2D eigenvalue weighted by molar-refractivity contribution is 0.398. The van der Waals surface area contributed by atoms with Gasteiger partial charge in [-0.1, -0.05) is 36.9 Å². The van der Waals surface area contributed by atoms with Crippen LogP contribution in [0.2, 0.25) is 0 Å². The van der Waals surface area contributed by atoms with Crippen LogP contribution < -0.4 is 0 Å². The van der Waals surface area contributed by atoms with Crippen LogP contribution in [0.3, 0.4) is 0 Å². The number of hydrogen-bond donors (Lipinski definition) is 0. The molecule has 0 saturated heterocycles. The molecular weight excluding hydrogens is 248 g/mol. The van der Waals surface area contributed by atoms with Crippen molar-refractivity contribution < 1.29 is 12.6 Å². The van der Waals surface area contributed by atoms with Gasteiger partial charge in [0.15, 0.2) is 0 Å². The SMILES string of the molecule is C=Cc1c(C)cc(S(=O)(=O)OC)c2ccccc12. The van der Waals surface area contributed by atoms with Crippen molar-refractivity contribution in [3.05, 3.63) is 48.0 Å². The number of benzene rings is 2. The summed E-state index contributed by atoms with van der Waals surface area (Å²) in [5.74, 6) is 0. The minimum Gasteiger partial charge on any atom is -0.270 e. The second kappa shape index (κ2) is 4.55. The van der Waals surface area contributed by atoms with Crippen LogP contribution in [0.5, 0.6) is 0 Å². The van der Waals surface area contributed by atoms with Crippen LogP contribution in [0.4, 0.5) is 0 Å². The minimum absolute atomic E-state index is 0.198. The maximum absolute atomic E-state index is 11.9. The summed E-state index contributed by atoms with van der Waals surface area (Å²) >= 11 is 0. The molecule has 0 aliphatic rings. The first-order valence-electron chi connectivity index (χ1n) is 5.46. The van der Waals surface area contributed by atoms with E-state index in [1.165, 1.54) is 7.11 Å². The van der Waals surface area contributed by atoms with Crippen molar-refractivity contribution in [2.75, 3.05) is 7.11 Å².